The minimum Gasteiger partial charge on any atom is -0.495 e. The molecular weight excluding hydrogens is 164 g/mol. The number of nitriles is 1. The van der Waals surface area contributed by atoms with Gasteiger partial charge in [-0.2, -0.15) is 5.26 Å². The van der Waals surface area contributed by atoms with E-state index in [1.54, 1.807) is 13.2 Å². The fourth-order valence-electron chi connectivity index (χ4n) is 1.11. The lowest BCUT2D eigenvalue weighted by molar-refractivity contribution is 0.416. The zero-order chi connectivity index (χ0) is 9.68. The number of hydrogen-bond acceptors (Lipinski definition) is 3. The Kier molecular flexibility index (Phi) is 3.15. The summed E-state index contributed by atoms with van der Waals surface area (Å²) < 4.78 is 5.06. The van der Waals surface area contributed by atoms with E-state index in [1.165, 1.54) is 0 Å². The Bertz CT molecular complexity index is 328. The van der Waals surface area contributed by atoms with E-state index in [1.807, 2.05) is 12.1 Å². The molecule has 0 saturated heterocycles. The highest BCUT2D eigenvalue weighted by Gasteiger charge is 2.00. The van der Waals surface area contributed by atoms with Crippen molar-refractivity contribution in [3.8, 4) is 11.8 Å². The Balaban J connectivity index is 2.81. The first kappa shape index (κ1) is 9.40. The number of anilines is 1. The monoisotopic (exact) mass is 176 g/mol. The molecule has 2 N–H and O–H groups in total. The zero-order valence-electron chi connectivity index (χ0n) is 7.58. The number of hydrogen-bond donors (Lipinski definition) is 1. The Labute approximate surface area is 77.7 Å². The van der Waals surface area contributed by atoms with E-state index in [0.717, 1.165) is 12.0 Å². The molecule has 0 aliphatic carbocycles. The van der Waals surface area contributed by atoms with Gasteiger partial charge in [0.2, 0.25) is 0 Å². The molecule has 3 nitrogen and oxygen atoms in total. The van der Waals surface area contributed by atoms with Gasteiger partial charge in [-0.3, -0.25) is 0 Å². The summed E-state index contributed by atoms with van der Waals surface area (Å²) in [6.07, 6.45) is 1.26. The van der Waals surface area contributed by atoms with Crippen LogP contribution in [0.3, 0.4) is 0 Å². The number of nitrogens with two attached hydrogens (primary N) is 1. The molecule has 0 unspecified atom stereocenters. The average Bonchev–Trinajstić information content (AvgIpc) is 2.16. The summed E-state index contributed by atoms with van der Waals surface area (Å²) in [5.74, 6) is 0.676. The molecule has 0 spiro atoms. The number of rotatable bonds is 3. The van der Waals surface area contributed by atoms with E-state index in [4.69, 9.17) is 15.7 Å². The lowest BCUT2D eigenvalue weighted by Gasteiger charge is -2.05. The van der Waals surface area contributed by atoms with Crippen LogP contribution in [-0.2, 0) is 6.42 Å². The van der Waals surface area contributed by atoms with Crippen LogP contribution in [0.2, 0.25) is 0 Å². The maximum absolute atomic E-state index is 8.40. The molecular formula is C10H12N2O. The Hall–Kier alpha value is -1.69. The minimum absolute atomic E-state index is 0.521. The van der Waals surface area contributed by atoms with Gasteiger partial charge in [0.1, 0.15) is 5.75 Å². The second kappa shape index (κ2) is 4.36. The Morgan fingerprint density at radius 2 is 2.31 bits per heavy atom. The molecule has 0 fully saturated rings. The van der Waals surface area contributed by atoms with Crippen LogP contribution in [0.4, 0.5) is 5.69 Å². The third-order valence-electron chi connectivity index (χ3n) is 1.82. The van der Waals surface area contributed by atoms with Crippen LogP contribution in [-0.4, -0.2) is 7.11 Å². The molecule has 0 atom stereocenters. The molecule has 3 heteroatoms. The molecule has 0 amide bonds. The van der Waals surface area contributed by atoms with Crippen molar-refractivity contribution in [1.29, 1.82) is 5.26 Å². The number of nitrogen functional groups attached to an aromatic ring is 1. The van der Waals surface area contributed by atoms with E-state index >= 15 is 0 Å². The smallest absolute Gasteiger partial charge is 0.142 e. The van der Waals surface area contributed by atoms with Crippen LogP contribution in [0.25, 0.3) is 0 Å². The van der Waals surface area contributed by atoms with E-state index in [0.29, 0.717) is 17.9 Å². The third-order valence-corrected chi connectivity index (χ3v) is 1.82. The summed E-state index contributed by atoms with van der Waals surface area (Å²) in [4.78, 5) is 0. The van der Waals surface area contributed by atoms with Crippen molar-refractivity contribution in [3.63, 3.8) is 0 Å². The van der Waals surface area contributed by atoms with E-state index in [2.05, 4.69) is 6.07 Å². The van der Waals surface area contributed by atoms with E-state index < -0.39 is 0 Å². The zero-order valence-corrected chi connectivity index (χ0v) is 7.58. The van der Waals surface area contributed by atoms with Crippen molar-refractivity contribution in [2.45, 2.75) is 12.8 Å². The van der Waals surface area contributed by atoms with Crippen LogP contribution in [0.5, 0.6) is 5.75 Å². The molecule has 0 heterocycles. The summed E-state index contributed by atoms with van der Waals surface area (Å²) >= 11 is 0. The fraction of sp³-hybridized carbons (Fsp3) is 0.300. The van der Waals surface area contributed by atoms with Crippen molar-refractivity contribution < 1.29 is 4.74 Å². The van der Waals surface area contributed by atoms with Crippen molar-refractivity contribution in [2.75, 3.05) is 12.8 Å². The first-order chi connectivity index (χ1) is 6.27. The molecule has 68 valence electrons. The lowest BCUT2D eigenvalue weighted by Crippen LogP contribution is -1.93. The number of nitrogens with zero attached hydrogens (tertiary/aromatic N) is 1. The van der Waals surface area contributed by atoms with Gasteiger partial charge >= 0.3 is 0 Å². The third kappa shape index (κ3) is 2.38. The van der Waals surface area contributed by atoms with Gasteiger partial charge in [0.05, 0.1) is 18.9 Å². The summed E-state index contributed by atoms with van der Waals surface area (Å²) in [6, 6.07) is 7.67. The number of methoxy groups -OCH3 is 1. The van der Waals surface area contributed by atoms with Crippen LogP contribution in [0.15, 0.2) is 18.2 Å². The number of benzene rings is 1. The second-order valence-electron chi connectivity index (χ2n) is 2.73. The molecule has 0 aliphatic rings. The molecule has 1 rings (SSSR count). The predicted octanol–water partition coefficient (Wildman–Crippen LogP) is 1.73. The van der Waals surface area contributed by atoms with Crippen molar-refractivity contribution >= 4 is 5.69 Å². The van der Waals surface area contributed by atoms with Gasteiger partial charge < -0.3 is 10.5 Å². The van der Waals surface area contributed by atoms with E-state index in [-0.39, 0.29) is 0 Å². The van der Waals surface area contributed by atoms with Gasteiger partial charge in [-0.15, -0.1) is 0 Å². The first-order valence-corrected chi connectivity index (χ1v) is 4.07. The van der Waals surface area contributed by atoms with Gasteiger partial charge in [-0.05, 0) is 24.1 Å². The van der Waals surface area contributed by atoms with Crippen molar-refractivity contribution in [3.05, 3.63) is 23.8 Å². The SMILES string of the molecule is COc1cc(CCC#N)ccc1N. The summed E-state index contributed by atoms with van der Waals surface area (Å²) in [5, 5.41) is 8.40. The minimum atomic E-state index is 0.521. The van der Waals surface area contributed by atoms with E-state index in [9.17, 15) is 0 Å². The highest BCUT2D eigenvalue weighted by atomic mass is 16.5. The number of aryl methyl sites for hydroxylation is 1. The summed E-state index contributed by atoms with van der Waals surface area (Å²) in [7, 11) is 1.58. The molecule has 13 heavy (non-hydrogen) atoms. The highest BCUT2D eigenvalue weighted by Crippen LogP contribution is 2.22. The predicted molar refractivity (Wildman–Crippen MR) is 51.3 cm³/mol. The van der Waals surface area contributed by atoms with Gasteiger partial charge in [0.25, 0.3) is 0 Å². The average molecular weight is 176 g/mol. The Morgan fingerprint density at radius 1 is 1.54 bits per heavy atom. The van der Waals surface area contributed by atoms with Crippen molar-refractivity contribution in [2.24, 2.45) is 0 Å². The van der Waals surface area contributed by atoms with Gasteiger partial charge in [-0.1, -0.05) is 6.07 Å². The summed E-state index contributed by atoms with van der Waals surface area (Å²) in [6.45, 7) is 0. The topological polar surface area (TPSA) is 59.0 Å². The van der Waals surface area contributed by atoms with Gasteiger partial charge in [0.15, 0.2) is 0 Å². The fourth-order valence-corrected chi connectivity index (χ4v) is 1.11. The quantitative estimate of drug-likeness (QED) is 0.713. The van der Waals surface area contributed by atoms with Crippen LogP contribution in [0.1, 0.15) is 12.0 Å². The standard InChI is InChI=1S/C10H12N2O/c1-13-10-7-8(3-2-6-11)4-5-9(10)12/h4-5,7H,2-3,12H2,1H3. The molecule has 0 aromatic heterocycles. The summed E-state index contributed by atoms with van der Waals surface area (Å²) in [5.41, 5.74) is 7.34. The first-order valence-electron chi connectivity index (χ1n) is 4.07. The second-order valence-corrected chi connectivity index (χ2v) is 2.73. The van der Waals surface area contributed by atoms with Gasteiger partial charge in [-0.25, -0.2) is 0 Å². The van der Waals surface area contributed by atoms with Gasteiger partial charge in [0, 0.05) is 6.42 Å². The normalized spacial score (nSPS) is 9.23. The van der Waals surface area contributed by atoms with Crippen LogP contribution in [0, 0.1) is 11.3 Å². The Morgan fingerprint density at radius 3 is 2.92 bits per heavy atom. The van der Waals surface area contributed by atoms with Crippen LogP contribution >= 0.6 is 0 Å². The molecule has 1 aromatic rings. The molecule has 1 aromatic carbocycles. The molecule has 0 aliphatic heterocycles. The molecule has 0 bridgehead atoms. The molecule has 0 radical (unpaired) electrons. The maximum atomic E-state index is 8.40. The number of ether oxygens (including phenoxy) is 1. The lowest BCUT2D eigenvalue weighted by atomic mass is 10.1. The van der Waals surface area contributed by atoms with Crippen LogP contribution < -0.4 is 10.5 Å². The highest BCUT2D eigenvalue weighted by molar-refractivity contribution is 5.53. The maximum Gasteiger partial charge on any atom is 0.142 e. The van der Waals surface area contributed by atoms with Crippen molar-refractivity contribution in [1.82, 2.24) is 0 Å². The largest absolute Gasteiger partial charge is 0.495 e. The molecule has 0 saturated carbocycles.